The minimum Gasteiger partial charge on any atom is -0.368 e. The fraction of sp³-hybridized carbons (Fsp3) is 0.500. The predicted molar refractivity (Wildman–Crippen MR) is 70.6 cm³/mol. The van der Waals surface area contributed by atoms with Crippen molar-refractivity contribution in [3.63, 3.8) is 0 Å². The van der Waals surface area contributed by atoms with E-state index in [0.29, 0.717) is 6.20 Å². The number of hydrogen-bond acceptors (Lipinski definition) is 3. The van der Waals surface area contributed by atoms with Crippen molar-refractivity contribution in [2.24, 2.45) is 0 Å². The number of nitrogens with one attached hydrogen (secondary N) is 2. The average Bonchev–Trinajstić information content (AvgIpc) is 2.28. The largest absolute Gasteiger partial charge is 0.417 e. The fourth-order valence-corrected chi connectivity index (χ4v) is 1.64. The van der Waals surface area contributed by atoms with Crippen molar-refractivity contribution in [1.29, 1.82) is 0 Å². The standard InChI is InChI=1S/C12H15ClF3N3O/c1-7(2)19-10(20)3-4-17-11-9(13)5-8(6-18-11)12(14,15)16/h5-7H,3-4H2,1-2H3,(H,17,18)(H,19,20). The molecule has 0 atom stereocenters. The molecule has 4 nitrogen and oxygen atoms in total. The monoisotopic (exact) mass is 309 g/mol. The predicted octanol–water partition coefficient (Wildman–Crippen LogP) is 3.08. The van der Waals surface area contributed by atoms with Gasteiger partial charge in [0.25, 0.3) is 0 Å². The van der Waals surface area contributed by atoms with Gasteiger partial charge in [-0.25, -0.2) is 4.98 Å². The average molecular weight is 310 g/mol. The molecule has 0 unspecified atom stereocenters. The van der Waals surface area contributed by atoms with Crippen LogP contribution in [0.25, 0.3) is 0 Å². The Hall–Kier alpha value is -1.50. The summed E-state index contributed by atoms with van der Waals surface area (Å²) in [5.74, 6) is -0.0347. The van der Waals surface area contributed by atoms with Gasteiger partial charge in [0.05, 0.1) is 10.6 Å². The molecule has 0 saturated carbocycles. The number of rotatable bonds is 5. The van der Waals surface area contributed by atoms with Crippen molar-refractivity contribution < 1.29 is 18.0 Å². The zero-order valence-corrected chi connectivity index (χ0v) is 11.8. The molecule has 1 aromatic heterocycles. The van der Waals surface area contributed by atoms with Crippen LogP contribution in [0.5, 0.6) is 0 Å². The first-order chi connectivity index (χ1) is 9.20. The Morgan fingerprint density at radius 2 is 2.10 bits per heavy atom. The van der Waals surface area contributed by atoms with Crippen molar-refractivity contribution in [2.75, 3.05) is 11.9 Å². The highest BCUT2D eigenvalue weighted by atomic mass is 35.5. The van der Waals surface area contributed by atoms with Gasteiger partial charge in [-0.15, -0.1) is 0 Å². The summed E-state index contributed by atoms with van der Waals surface area (Å²) in [5, 5.41) is 5.28. The summed E-state index contributed by atoms with van der Waals surface area (Å²) >= 11 is 5.71. The zero-order chi connectivity index (χ0) is 15.3. The van der Waals surface area contributed by atoms with E-state index in [0.717, 1.165) is 6.07 Å². The van der Waals surface area contributed by atoms with Gasteiger partial charge in [-0.1, -0.05) is 11.6 Å². The smallest absolute Gasteiger partial charge is 0.368 e. The maximum atomic E-state index is 12.4. The normalized spacial score (nSPS) is 11.6. The number of alkyl halides is 3. The Morgan fingerprint density at radius 1 is 1.45 bits per heavy atom. The van der Waals surface area contributed by atoms with Crippen LogP contribution < -0.4 is 10.6 Å². The van der Waals surface area contributed by atoms with Gasteiger partial charge in [-0.05, 0) is 19.9 Å². The molecule has 112 valence electrons. The van der Waals surface area contributed by atoms with Crippen LogP contribution in [0.15, 0.2) is 12.3 Å². The number of halogens is 4. The van der Waals surface area contributed by atoms with Crippen LogP contribution in [0.1, 0.15) is 25.8 Å². The molecule has 1 amide bonds. The van der Waals surface area contributed by atoms with Gasteiger partial charge in [-0.3, -0.25) is 4.79 Å². The summed E-state index contributed by atoms with van der Waals surface area (Å²) in [6.45, 7) is 3.90. The maximum Gasteiger partial charge on any atom is 0.417 e. The topological polar surface area (TPSA) is 54.0 Å². The molecule has 20 heavy (non-hydrogen) atoms. The second-order valence-corrected chi connectivity index (χ2v) is 4.86. The molecule has 0 aliphatic heterocycles. The van der Waals surface area contributed by atoms with Gasteiger partial charge in [0.15, 0.2) is 0 Å². The maximum absolute atomic E-state index is 12.4. The molecule has 1 rings (SSSR count). The van der Waals surface area contributed by atoms with Crippen LogP contribution in [0.3, 0.4) is 0 Å². The van der Waals surface area contributed by atoms with Crippen LogP contribution in [0.4, 0.5) is 19.0 Å². The lowest BCUT2D eigenvalue weighted by Gasteiger charge is -2.11. The van der Waals surface area contributed by atoms with Crippen LogP contribution in [0, 0.1) is 0 Å². The summed E-state index contributed by atoms with van der Waals surface area (Å²) in [5.41, 5.74) is -0.911. The summed E-state index contributed by atoms with van der Waals surface area (Å²) in [6, 6.07) is 0.834. The highest BCUT2D eigenvalue weighted by Crippen LogP contribution is 2.32. The zero-order valence-electron chi connectivity index (χ0n) is 11.0. The molecule has 0 radical (unpaired) electrons. The molecule has 0 fully saturated rings. The lowest BCUT2D eigenvalue weighted by Crippen LogP contribution is -2.31. The van der Waals surface area contributed by atoms with E-state index >= 15 is 0 Å². The van der Waals surface area contributed by atoms with Crippen molar-refractivity contribution >= 4 is 23.3 Å². The second kappa shape index (κ2) is 6.78. The van der Waals surface area contributed by atoms with Crippen LogP contribution in [-0.4, -0.2) is 23.5 Å². The van der Waals surface area contributed by atoms with Crippen molar-refractivity contribution in [2.45, 2.75) is 32.5 Å². The minimum atomic E-state index is -4.48. The van der Waals surface area contributed by atoms with E-state index in [2.05, 4.69) is 15.6 Å². The lowest BCUT2D eigenvalue weighted by atomic mass is 10.2. The number of anilines is 1. The summed E-state index contributed by atoms with van der Waals surface area (Å²) < 4.78 is 37.2. The molecular formula is C12H15ClF3N3O. The fourth-order valence-electron chi connectivity index (χ4n) is 1.41. The van der Waals surface area contributed by atoms with Gasteiger partial charge in [0.1, 0.15) is 5.82 Å². The molecule has 0 aliphatic carbocycles. The molecule has 0 saturated heterocycles. The third-order valence-electron chi connectivity index (χ3n) is 2.26. The van der Waals surface area contributed by atoms with E-state index in [1.165, 1.54) is 0 Å². The van der Waals surface area contributed by atoms with Crippen molar-refractivity contribution in [3.05, 3.63) is 22.8 Å². The first-order valence-corrected chi connectivity index (χ1v) is 6.34. The van der Waals surface area contributed by atoms with E-state index < -0.39 is 11.7 Å². The Kier molecular flexibility index (Phi) is 5.62. The quantitative estimate of drug-likeness (QED) is 0.879. The SMILES string of the molecule is CC(C)NC(=O)CCNc1ncc(C(F)(F)F)cc1Cl. The van der Waals surface area contributed by atoms with E-state index in [9.17, 15) is 18.0 Å². The first-order valence-electron chi connectivity index (χ1n) is 5.96. The Morgan fingerprint density at radius 3 is 2.60 bits per heavy atom. The van der Waals surface area contributed by atoms with Crippen LogP contribution in [-0.2, 0) is 11.0 Å². The summed E-state index contributed by atoms with van der Waals surface area (Å²) in [4.78, 5) is 15.0. The van der Waals surface area contributed by atoms with E-state index in [4.69, 9.17) is 11.6 Å². The van der Waals surface area contributed by atoms with E-state index in [-0.39, 0.29) is 35.8 Å². The second-order valence-electron chi connectivity index (χ2n) is 4.45. The number of aromatic nitrogens is 1. The van der Waals surface area contributed by atoms with E-state index in [1.54, 1.807) is 0 Å². The minimum absolute atomic E-state index is 0.0373. The van der Waals surface area contributed by atoms with Gasteiger partial charge < -0.3 is 10.6 Å². The number of carbonyl (C=O) groups excluding carboxylic acids is 1. The molecule has 1 aromatic rings. The molecule has 0 aromatic carbocycles. The number of amides is 1. The van der Waals surface area contributed by atoms with E-state index in [1.807, 2.05) is 13.8 Å². The third kappa shape index (κ3) is 5.24. The first kappa shape index (κ1) is 16.6. The Balaban J connectivity index is 2.55. The number of hydrogen-bond donors (Lipinski definition) is 2. The molecule has 2 N–H and O–H groups in total. The molecule has 8 heteroatoms. The number of nitrogens with zero attached hydrogens (tertiary/aromatic N) is 1. The molecule has 1 heterocycles. The number of carbonyl (C=O) groups is 1. The van der Waals surface area contributed by atoms with Crippen molar-refractivity contribution in [3.8, 4) is 0 Å². The molecule has 0 bridgehead atoms. The van der Waals surface area contributed by atoms with Crippen LogP contribution >= 0.6 is 11.6 Å². The summed E-state index contributed by atoms with van der Waals surface area (Å²) in [6.07, 6.45) is -3.61. The summed E-state index contributed by atoms with van der Waals surface area (Å²) in [7, 11) is 0. The molecule has 0 spiro atoms. The van der Waals surface area contributed by atoms with Gasteiger partial charge in [0.2, 0.25) is 5.91 Å². The van der Waals surface area contributed by atoms with Crippen LogP contribution in [0.2, 0.25) is 5.02 Å². The highest BCUT2D eigenvalue weighted by Gasteiger charge is 2.31. The van der Waals surface area contributed by atoms with Crippen molar-refractivity contribution in [1.82, 2.24) is 10.3 Å². The number of pyridine rings is 1. The third-order valence-corrected chi connectivity index (χ3v) is 2.55. The molecular weight excluding hydrogens is 295 g/mol. The molecule has 0 aliphatic rings. The Bertz CT molecular complexity index is 478. The van der Waals surface area contributed by atoms with Gasteiger partial charge >= 0.3 is 6.18 Å². The highest BCUT2D eigenvalue weighted by molar-refractivity contribution is 6.32. The lowest BCUT2D eigenvalue weighted by molar-refractivity contribution is -0.137. The van der Waals surface area contributed by atoms with Gasteiger partial charge in [-0.2, -0.15) is 13.2 Å². The Labute approximate surface area is 119 Å². The van der Waals surface area contributed by atoms with Gasteiger partial charge in [0, 0.05) is 25.2 Å².